The van der Waals surface area contributed by atoms with Gasteiger partial charge in [0.25, 0.3) is 0 Å². The molecule has 0 unspecified atom stereocenters. The molecular formula is C35H38O. The summed E-state index contributed by atoms with van der Waals surface area (Å²) in [4.78, 5) is 0. The molecule has 0 radical (unpaired) electrons. The van der Waals surface area contributed by atoms with E-state index < -0.39 is 0 Å². The van der Waals surface area contributed by atoms with Crippen LogP contribution in [0.5, 0.6) is 5.75 Å². The van der Waals surface area contributed by atoms with Crippen LogP contribution < -0.4 is 4.74 Å². The maximum atomic E-state index is 6.17. The molecule has 0 bridgehead atoms. The Bertz CT molecular complexity index is 1370. The van der Waals surface area contributed by atoms with Crippen LogP contribution in [0, 0.1) is 5.41 Å². The van der Waals surface area contributed by atoms with Gasteiger partial charge in [0.2, 0.25) is 0 Å². The van der Waals surface area contributed by atoms with Gasteiger partial charge in [0, 0.05) is 10.8 Å². The van der Waals surface area contributed by atoms with Gasteiger partial charge in [0.1, 0.15) is 5.75 Å². The predicted molar refractivity (Wildman–Crippen MR) is 157 cm³/mol. The summed E-state index contributed by atoms with van der Waals surface area (Å²) in [6.45, 7) is 11.3. The molecule has 0 aromatic heterocycles. The van der Waals surface area contributed by atoms with E-state index in [2.05, 4.69) is 126 Å². The lowest BCUT2D eigenvalue weighted by Crippen LogP contribution is -2.19. The number of benzene rings is 3. The van der Waals surface area contributed by atoms with Crippen molar-refractivity contribution in [2.24, 2.45) is 5.41 Å². The van der Waals surface area contributed by atoms with Gasteiger partial charge in [0.15, 0.2) is 0 Å². The molecule has 184 valence electrons. The highest BCUT2D eigenvalue weighted by molar-refractivity contribution is 6.05. The van der Waals surface area contributed by atoms with Crippen LogP contribution in [0.3, 0.4) is 0 Å². The zero-order valence-corrected chi connectivity index (χ0v) is 22.3. The third-order valence-electron chi connectivity index (χ3n) is 7.12. The summed E-state index contributed by atoms with van der Waals surface area (Å²) in [7, 11) is 0. The normalized spacial score (nSPS) is 17.4. The van der Waals surface area contributed by atoms with E-state index >= 15 is 0 Å². The minimum Gasteiger partial charge on any atom is -0.464 e. The van der Waals surface area contributed by atoms with Crippen molar-refractivity contribution in [3.05, 3.63) is 126 Å². The fourth-order valence-electron chi connectivity index (χ4n) is 5.09. The Kier molecular flexibility index (Phi) is 8.10. The van der Waals surface area contributed by atoms with Gasteiger partial charge in [-0.15, -0.1) is 0 Å². The van der Waals surface area contributed by atoms with Gasteiger partial charge >= 0.3 is 0 Å². The number of hydrogen-bond donors (Lipinski definition) is 0. The van der Waals surface area contributed by atoms with Crippen molar-refractivity contribution in [3.63, 3.8) is 0 Å². The molecule has 0 atom stereocenters. The predicted octanol–water partition coefficient (Wildman–Crippen LogP) is 10.4. The highest BCUT2D eigenvalue weighted by atomic mass is 16.5. The van der Waals surface area contributed by atoms with Crippen molar-refractivity contribution in [3.8, 4) is 5.75 Å². The second kappa shape index (κ2) is 11.4. The lowest BCUT2D eigenvalue weighted by atomic mass is 9.72. The minimum absolute atomic E-state index is 0.279. The van der Waals surface area contributed by atoms with E-state index in [0.717, 1.165) is 22.1 Å². The third-order valence-corrected chi connectivity index (χ3v) is 7.12. The number of fused-ring (bicyclic) bond motifs is 2. The van der Waals surface area contributed by atoms with Crippen LogP contribution in [-0.4, -0.2) is 0 Å². The Labute approximate surface area is 216 Å². The lowest BCUT2D eigenvalue weighted by molar-refractivity contribution is 0.377. The first kappa shape index (κ1) is 25.5. The van der Waals surface area contributed by atoms with Crippen molar-refractivity contribution in [2.75, 3.05) is 0 Å². The first-order chi connectivity index (χ1) is 17.3. The molecule has 36 heavy (non-hydrogen) atoms. The van der Waals surface area contributed by atoms with Crippen molar-refractivity contribution >= 4 is 21.5 Å². The van der Waals surface area contributed by atoms with Crippen molar-refractivity contribution < 1.29 is 4.74 Å². The summed E-state index contributed by atoms with van der Waals surface area (Å²) in [5.41, 5.74) is 5.74. The standard InChI is InChI=1S/C35H38O/c1-26(13-10-14-27(2)21-22-33-28(3)16-11-23-35(33,4)5)15-12-24-36-34-31-19-8-6-17-29(31)25-30-18-7-9-20-32(30)34/h6-10,12-15,17-22,24-25H,11,16,23H2,1-5H3/b13-10+,22-21+,24-12+,26-15+,27-14+. The summed E-state index contributed by atoms with van der Waals surface area (Å²) in [6.07, 6.45) is 20.6. The van der Waals surface area contributed by atoms with E-state index in [9.17, 15) is 0 Å². The van der Waals surface area contributed by atoms with E-state index in [1.807, 2.05) is 6.08 Å². The summed E-state index contributed by atoms with van der Waals surface area (Å²) in [5.74, 6) is 0.901. The van der Waals surface area contributed by atoms with Crippen LogP contribution in [0.1, 0.15) is 53.9 Å². The van der Waals surface area contributed by atoms with Gasteiger partial charge in [-0.3, -0.25) is 0 Å². The maximum absolute atomic E-state index is 6.17. The molecule has 4 rings (SSSR count). The van der Waals surface area contributed by atoms with Crippen LogP contribution in [0.2, 0.25) is 0 Å². The Morgan fingerprint density at radius 2 is 1.44 bits per heavy atom. The van der Waals surface area contributed by atoms with Gasteiger partial charge in [-0.05, 0) is 73.9 Å². The molecule has 0 saturated heterocycles. The first-order valence-corrected chi connectivity index (χ1v) is 13.0. The SMILES string of the molecule is CC1=C(/C=C/C(C)=C/C=C/C(C)=C/C=C/Oc2c3ccccc3cc3ccccc23)C(C)(C)CCC1. The zero-order chi connectivity index (χ0) is 25.5. The molecule has 1 aliphatic rings. The summed E-state index contributed by atoms with van der Waals surface area (Å²) < 4.78 is 6.17. The Morgan fingerprint density at radius 3 is 2.11 bits per heavy atom. The number of hydrogen-bond acceptors (Lipinski definition) is 1. The molecule has 1 nitrogen and oxygen atoms in total. The van der Waals surface area contributed by atoms with Gasteiger partial charge in [-0.2, -0.15) is 0 Å². The van der Waals surface area contributed by atoms with Crippen LogP contribution in [0.25, 0.3) is 21.5 Å². The lowest BCUT2D eigenvalue weighted by Gasteiger charge is -2.32. The Hall–Kier alpha value is -3.58. The van der Waals surface area contributed by atoms with Gasteiger partial charge in [0.05, 0.1) is 6.26 Å². The Balaban J connectivity index is 1.42. The fourth-order valence-corrected chi connectivity index (χ4v) is 5.09. The zero-order valence-electron chi connectivity index (χ0n) is 22.3. The van der Waals surface area contributed by atoms with E-state index in [4.69, 9.17) is 4.74 Å². The van der Waals surface area contributed by atoms with E-state index in [0.29, 0.717) is 0 Å². The highest BCUT2D eigenvalue weighted by Crippen LogP contribution is 2.40. The topological polar surface area (TPSA) is 9.23 Å². The van der Waals surface area contributed by atoms with Crippen molar-refractivity contribution in [1.29, 1.82) is 0 Å². The highest BCUT2D eigenvalue weighted by Gasteiger charge is 2.26. The summed E-state index contributed by atoms with van der Waals surface area (Å²) in [5, 5.41) is 4.61. The molecule has 0 heterocycles. The number of rotatable bonds is 7. The third kappa shape index (κ3) is 6.15. The average molecular weight is 475 g/mol. The van der Waals surface area contributed by atoms with E-state index in [1.54, 1.807) is 6.26 Å². The molecule has 0 fully saturated rings. The molecule has 3 aromatic carbocycles. The Morgan fingerprint density at radius 1 is 0.833 bits per heavy atom. The number of allylic oxidation sites excluding steroid dienone is 11. The summed E-state index contributed by atoms with van der Waals surface area (Å²) in [6, 6.07) is 19.0. The molecule has 0 aliphatic heterocycles. The van der Waals surface area contributed by atoms with Crippen LogP contribution in [0.15, 0.2) is 126 Å². The molecule has 0 amide bonds. The number of ether oxygens (including phenoxy) is 1. The fraction of sp³-hybridized carbons (Fsp3) is 0.257. The molecule has 0 spiro atoms. The molecule has 3 aromatic rings. The second-order valence-corrected chi connectivity index (χ2v) is 10.5. The van der Waals surface area contributed by atoms with E-state index in [1.165, 1.54) is 46.8 Å². The first-order valence-electron chi connectivity index (χ1n) is 13.0. The van der Waals surface area contributed by atoms with E-state index in [-0.39, 0.29) is 5.41 Å². The molecule has 0 N–H and O–H groups in total. The average Bonchev–Trinajstić information content (AvgIpc) is 2.85. The van der Waals surface area contributed by atoms with Crippen molar-refractivity contribution in [1.82, 2.24) is 0 Å². The van der Waals surface area contributed by atoms with Crippen LogP contribution in [0.4, 0.5) is 0 Å². The maximum Gasteiger partial charge on any atom is 0.142 e. The minimum atomic E-state index is 0.279. The quantitative estimate of drug-likeness (QED) is 0.188. The molecular weight excluding hydrogens is 436 g/mol. The molecule has 1 heteroatoms. The smallest absolute Gasteiger partial charge is 0.142 e. The van der Waals surface area contributed by atoms with Crippen molar-refractivity contribution in [2.45, 2.75) is 53.9 Å². The molecule has 1 aliphatic carbocycles. The van der Waals surface area contributed by atoms with Gasteiger partial charge < -0.3 is 4.74 Å². The van der Waals surface area contributed by atoms with Crippen LogP contribution >= 0.6 is 0 Å². The van der Waals surface area contributed by atoms with Crippen LogP contribution in [-0.2, 0) is 0 Å². The largest absolute Gasteiger partial charge is 0.464 e. The second-order valence-electron chi connectivity index (χ2n) is 10.5. The monoisotopic (exact) mass is 474 g/mol. The molecule has 0 saturated carbocycles. The van der Waals surface area contributed by atoms with Gasteiger partial charge in [-0.1, -0.05) is 116 Å². The summed E-state index contributed by atoms with van der Waals surface area (Å²) >= 11 is 0. The van der Waals surface area contributed by atoms with Gasteiger partial charge in [-0.25, -0.2) is 0 Å².